The van der Waals surface area contributed by atoms with Crippen LogP contribution in [0.3, 0.4) is 0 Å². The molecule has 1 atom stereocenters. The monoisotopic (exact) mass is 242 g/mol. The Bertz CT molecular complexity index is 302. The Morgan fingerprint density at radius 3 is 2.53 bits per heavy atom. The second kappa shape index (κ2) is 5.49. The SMILES string of the molecule is CC(C)(CC(=O)O)CC(=O)N1CCC(CN)C1. The number of carboxylic acids is 1. The van der Waals surface area contributed by atoms with Crippen molar-refractivity contribution in [2.24, 2.45) is 17.1 Å². The zero-order valence-corrected chi connectivity index (χ0v) is 10.6. The molecule has 1 aliphatic rings. The Morgan fingerprint density at radius 1 is 1.41 bits per heavy atom. The summed E-state index contributed by atoms with van der Waals surface area (Å²) in [6.45, 7) is 5.72. The van der Waals surface area contributed by atoms with Crippen LogP contribution in [0, 0.1) is 11.3 Å². The van der Waals surface area contributed by atoms with Gasteiger partial charge in [0.1, 0.15) is 0 Å². The quantitative estimate of drug-likeness (QED) is 0.742. The fourth-order valence-electron chi connectivity index (χ4n) is 2.24. The number of hydrogen-bond acceptors (Lipinski definition) is 3. The van der Waals surface area contributed by atoms with Gasteiger partial charge in [0.05, 0.1) is 6.42 Å². The first-order valence-corrected chi connectivity index (χ1v) is 6.04. The Kier molecular flexibility index (Phi) is 4.51. The van der Waals surface area contributed by atoms with E-state index in [9.17, 15) is 9.59 Å². The third-order valence-corrected chi connectivity index (χ3v) is 3.23. The summed E-state index contributed by atoms with van der Waals surface area (Å²) in [7, 11) is 0. The molecule has 1 aliphatic heterocycles. The van der Waals surface area contributed by atoms with Crippen molar-refractivity contribution in [3.05, 3.63) is 0 Å². The molecule has 1 heterocycles. The Balaban J connectivity index is 2.46. The molecule has 5 heteroatoms. The van der Waals surface area contributed by atoms with E-state index in [-0.39, 0.29) is 18.7 Å². The lowest BCUT2D eigenvalue weighted by molar-refractivity contribution is -0.140. The van der Waals surface area contributed by atoms with Crippen molar-refractivity contribution < 1.29 is 14.7 Å². The van der Waals surface area contributed by atoms with Crippen molar-refractivity contribution in [3.8, 4) is 0 Å². The Morgan fingerprint density at radius 2 is 2.06 bits per heavy atom. The fraction of sp³-hybridized carbons (Fsp3) is 0.833. The zero-order valence-electron chi connectivity index (χ0n) is 10.6. The van der Waals surface area contributed by atoms with Gasteiger partial charge >= 0.3 is 5.97 Å². The minimum Gasteiger partial charge on any atom is -0.481 e. The molecule has 0 aliphatic carbocycles. The van der Waals surface area contributed by atoms with Crippen LogP contribution in [0.2, 0.25) is 0 Å². The van der Waals surface area contributed by atoms with E-state index in [2.05, 4.69) is 0 Å². The van der Waals surface area contributed by atoms with E-state index in [4.69, 9.17) is 10.8 Å². The van der Waals surface area contributed by atoms with Crippen LogP contribution in [0.4, 0.5) is 0 Å². The number of nitrogens with two attached hydrogens (primary N) is 1. The number of carboxylic acid groups (broad SMARTS) is 1. The Labute approximate surface area is 102 Å². The third kappa shape index (κ3) is 4.34. The average Bonchev–Trinajstić information content (AvgIpc) is 2.62. The fourth-order valence-corrected chi connectivity index (χ4v) is 2.24. The molecule has 0 aromatic carbocycles. The predicted molar refractivity (Wildman–Crippen MR) is 64.4 cm³/mol. The smallest absolute Gasteiger partial charge is 0.303 e. The van der Waals surface area contributed by atoms with Crippen LogP contribution < -0.4 is 5.73 Å². The lowest BCUT2D eigenvalue weighted by Gasteiger charge is -2.25. The van der Waals surface area contributed by atoms with Gasteiger partial charge in [-0.1, -0.05) is 13.8 Å². The molecule has 17 heavy (non-hydrogen) atoms. The largest absolute Gasteiger partial charge is 0.481 e. The van der Waals surface area contributed by atoms with Gasteiger partial charge in [-0.15, -0.1) is 0 Å². The molecular formula is C12H22N2O3. The standard InChI is InChI=1S/C12H22N2O3/c1-12(2,6-11(16)17)5-10(15)14-4-3-9(7-13)8-14/h9H,3-8,13H2,1-2H3,(H,16,17). The number of nitrogens with zero attached hydrogens (tertiary/aromatic N) is 1. The molecule has 1 unspecified atom stereocenters. The van der Waals surface area contributed by atoms with Crippen molar-refractivity contribution in [1.29, 1.82) is 0 Å². The first kappa shape index (κ1) is 14.0. The van der Waals surface area contributed by atoms with E-state index in [0.717, 1.165) is 19.5 Å². The molecule has 0 aromatic rings. The van der Waals surface area contributed by atoms with Gasteiger partial charge < -0.3 is 15.7 Å². The van der Waals surface area contributed by atoms with Crippen molar-refractivity contribution in [1.82, 2.24) is 4.90 Å². The molecule has 1 saturated heterocycles. The number of hydrogen-bond donors (Lipinski definition) is 2. The van der Waals surface area contributed by atoms with Crippen LogP contribution in [0.1, 0.15) is 33.1 Å². The van der Waals surface area contributed by atoms with Gasteiger partial charge in [-0.2, -0.15) is 0 Å². The van der Waals surface area contributed by atoms with Crippen molar-refractivity contribution in [3.63, 3.8) is 0 Å². The molecule has 5 nitrogen and oxygen atoms in total. The van der Waals surface area contributed by atoms with E-state index in [1.807, 2.05) is 13.8 Å². The van der Waals surface area contributed by atoms with Crippen molar-refractivity contribution in [2.75, 3.05) is 19.6 Å². The number of amides is 1. The molecule has 1 amide bonds. The summed E-state index contributed by atoms with van der Waals surface area (Å²) < 4.78 is 0. The number of carbonyl (C=O) groups is 2. The van der Waals surface area contributed by atoms with Crippen molar-refractivity contribution >= 4 is 11.9 Å². The van der Waals surface area contributed by atoms with Crippen LogP contribution in [0.5, 0.6) is 0 Å². The molecule has 98 valence electrons. The van der Waals surface area contributed by atoms with Gasteiger partial charge in [-0.25, -0.2) is 0 Å². The molecule has 1 rings (SSSR count). The molecule has 1 fully saturated rings. The van der Waals surface area contributed by atoms with Crippen molar-refractivity contribution in [2.45, 2.75) is 33.1 Å². The molecule has 0 spiro atoms. The average molecular weight is 242 g/mol. The highest BCUT2D eigenvalue weighted by Crippen LogP contribution is 2.27. The van der Waals surface area contributed by atoms with E-state index in [1.165, 1.54) is 0 Å². The lowest BCUT2D eigenvalue weighted by Crippen LogP contribution is -2.34. The van der Waals surface area contributed by atoms with Gasteiger partial charge in [0.25, 0.3) is 0 Å². The van der Waals surface area contributed by atoms with Gasteiger partial charge in [-0.05, 0) is 24.3 Å². The van der Waals surface area contributed by atoms with Crippen LogP contribution in [-0.2, 0) is 9.59 Å². The topological polar surface area (TPSA) is 83.6 Å². The minimum atomic E-state index is -0.857. The molecule has 0 radical (unpaired) electrons. The first-order chi connectivity index (χ1) is 7.84. The molecule has 0 aromatic heterocycles. The highest BCUT2D eigenvalue weighted by Gasteiger charge is 2.31. The highest BCUT2D eigenvalue weighted by atomic mass is 16.4. The maximum absolute atomic E-state index is 12.0. The van der Waals surface area contributed by atoms with E-state index < -0.39 is 11.4 Å². The lowest BCUT2D eigenvalue weighted by atomic mass is 9.85. The number of rotatable bonds is 5. The first-order valence-electron chi connectivity index (χ1n) is 6.04. The summed E-state index contributed by atoms with van der Waals surface area (Å²) in [4.78, 5) is 24.5. The second-order valence-electron chi connectivity index (χ2n) is 5.64. The number of carbonyl (C=O) groups excluding carboxylic acids is 1. The number of likely N-dealkylation sites (tertiary alicyclic amines) is 1. The van der Waals surface area contributed by atoms with Gasteiger partial charge in [0.2, 0.25) is 5.91 Å². The van der Waals surface area contributed by atoms with Crippen LogP contribution in [0.15, 0.2) is 0 Å². The Hall–Kier alpha value is -1.10. The van der Waals surface area contributed by atoms with E-state index in [0.29, 0.717) is 12.5 Å². The predicted octanol–water partition coefficient (Wildman–Crippen LogP) is 0.685. The molecule has 3 N–H and O–H groups in total. The minimum absolute atomic E-state index is 0.0207. The van der Waals surface area contributed by atoms with Crippen LogP contribution >= 0.6 is 0 Å². The van der Waals surface area contributed by atoms with Gasteiger partial charge in [-0.3, -0.25) is 9.59 Å². The maximum atomic E-state index is 12.0. The zero-order chi connectivity index (χ0) is 13.1. The second-order valence-corrected chi connectivity index (χ2v) is 5.64. The molecule has 0 bridgehead atoms. The van der Waals surface area contributed by atoms with E-state index in [1.54, 1.807) is 4.90 Å². The normalized spacial score (nSPS) is 20.6. The molecular weight excluding hydrogens is 220 g/mol. The third-order valence-electron chi connectivity index (χ3n) is 3.23. The number of aliphatic carboxylic acids is 1. The molecule has 0 saturated carbocycles. The maximum Gasteiger partial charge on any atom is 0.303 e. The van der Waals surface area contributed by atoms with Gasteiger partial charge in [0.15, 0.2) is 0 Å². The summed E-state index contributed by atoms with van der Waals surface area (Å²) in [6, 6.07) is 0. The highest BCUT2D eigenvalue weighted by molar-refractivity contribution is 5.78. The van der Waals surface area contributed by atoms with Crippen LogP contribution in [0.25, 0.3) is 0 Å². The summed E-state index contributed by atoms with van der Waals surface area (Å²) >= 11 is 0. The summed E-state index contributed by atoms with van der Waals surface area (Å²) in [5, 5.41) is 8.77. The van der Waals surface area contributed by atoms with E-state index >= 15 is 0 Å². The summed E-state index contributed by atoms with van der Waals surface area (Å²) in [6.07, 6.45) is 1.27. The van der Waals surface area contributed by atoms with Gasteiger partial charge in [0, 0.05) is 19.5 Å². The summed E-state index contributed by atoms with van der Waals surface area (Å²) in [5.74, 6) is -0.405. The van der Waals surface area contributed by atoms with Crippen LogP contribution in [-0.4, -0.2) is 41.5 Å². The summed E-state index contributed by atoms with van der Waals surface area (Å²) in [5.41, 5.74) is 5.09.